The number of nitrogens with one attached hydrogen (secondary N) is 1. The zero-order valence-corrected chi connectivity index (χ0v) is 19.4. The molecule has 1 fully saturated rings. The Bertz CT molecular complexity index is 1200. The minimum Gasteiger partial charge on any atom is -0.356 e. The van der Waals surface area contributed by atoms with Crippen LogP contribution in [0.25, 0.3) is 28.3 Å². The van der Waals surface area contributed by atoms with Gasteiger partial charge in [-0.3, -0.25) is 0 Å². The average molecular weight is 430 g/mol. The quantitative estimate of drug-likeness (QED) is 0.333. The van der Waals surface area contributed by atoms with E-state index in [9.17, 15) is 0 Å². The standard InChI is InChI=1S/C32H31N/c1-24-7-19-31(20-8-24)33-32-21-17-30(18-22-32)29-15-13-28(14-16-29)27-11-9-26(10-12-27)23-25-5-3-2-4-6-25/h7-23,33H,2-6H2,1H3. The van der Waals surface area contributed by atoms with E-state index in [1.165, 1.54) is 65.5 Å². The van der Waals surface area contributed by atoms with Gasteiger partial charge >= 0.3 is 0 Å². The molecule has 0 heterocycles. The van der Waals surface area contributed by atoms with E-state index < -0.39 is 0 Å². The summed E-state index contributed by atoms with van der Waals surface area (Å²) < 4.78 is 0. The fourth-order valence-corrected chi connectivity index (χ4v) is 4.56. The summed E-state index contributed by atoms with van der Waals surface area (Å²) >= 11 is 0. The Morgan fingerprint density at radius 1 is 0.515 bits per heavy atom. The first-order valence-corrected chi connectivity index (χ1v) is 12.1. The Morgan fingerprint density at radius 2 is 0.939 bits per heavy atom. The highest BCUT2D eigenvalue weighted by atomic mass is 14.9. The van der Waals surface area contributed by atoms with Crippen LogP contribution in [0.1, 0.15) is 43.2 Å². The third kappa shape index (κ3) is 5.43. The number of benzene rings is 4. The maximum absolute atomic E-state index is 3.47. The zero-order chi connectivity index (χ0) is 22.5. The van der Waals surface area contributed by atoms with Crippen molar-refractivity contribution in [2.75, 3.05) is 5.32 Å². The Labute approximate surface area is 197 Å². The van der Waals surface area contributed by atoms with Gasteiger partial charge in [0.1, 0.15) is 0 Å². The topological polar surface area (TPSA) is 12.0 Å². The molecule has 33 heavy (non-hydrogen) atoms. The summed E-state index contributed by atoms with van der Waals surface area (Å²) in [5.41, 5.74) is 11.4. The van der Waals surface area contributed by atoms with Gasteiger partial charge in [0.2, 0.25) is 0 Å². The number of rotatable bonds is 5. The van der Waals surface area contributed by atoms with Crippen molar-refractivity contribution in [2.24, 2.45) is 0 Å². The number of hydrogen-bond acceptors (Lipinski definition) is 1. The van der Waals surface area contributed by atoms with Crippen LogP contribution in [0.4, 0.5) is 11.4 Å². The van der Waals surface area contributed by atoms with E-state index in [0.29, 0.717) is 0 Å². The predicted molar refractivity (Wildman–Crippen MR) is 143 cm³/mol. The SMILES string of the molecule is Cc1ccc(Nc2ccc(-c3ccc(-c4ccc(C=C5CCCCC5)cc4)cc3)cc2)cc1. The maximum Gasteiger partial charge on any atom is 0.0384 e. The highest BCUT2D eigenvalue weighted by Gasteiger charge is 2.06. The molecule has 0 unspecified atom stereocenters. The molecule has 4 aromatic rings. The van der Waals surface area contributed by atoms with E-state index >= 15 is 0 Å². The summed E-state index contributed by atoms with van der Waals surface area (Å²) in [5.74, 6) is 0. The number of anilines is 2. The lowest BCUT2D eigenvalue weighted by atomic mass is 9.93. The largest absolute Gasteiger partial charge is 0.356 e. The van der Waals surface area contributed by atoms with Crippen molar-refractivity contribution in [3.8, 4) is 22.3 Å². The van der Waals surface area contributed by atoms with Crippen LogP contribution in [-0.2, 0) is 0 Å². The summed E-state index contributed by atoms with van der Waals surface area (Å²) in [6.45, 7) is 2.11. The van der Waals surface area contributed by atoms with Crippen LogP contribution in [0.15, 0.2) is 103 Å². The molecular weight excluding hydrogens is 398 g/mol. The molecule has 0 radical (unpaired) electrons. The van der Waals surface area contributed by atoms with Gasteiger partial charge in [-0.25, -0.2) is 0 Å². The van der Waals surface area contributed by atoms with Crippen LogP contribution < -0.4 is 5.32 Å². The number of hydrogen-bond donors (Lipinski definition) is 1. The highest BCUT2D eigenvalue weighted by Crippen LogP contribution is 2.28. The summed E-state index contributed by atoms with van der Waals surface area (Å²) in [4.78, 5) is 0. The number of aryl methyl sites for hydroxylation is 1. The molecule has 0 atom stereocenters. The van der Waals surface area contributed by atoms with Crippen LogP contribution in [0, 0.1) is 6.92 Å². The van der Waals surface area contributed by atoms with Crippen molar-refractivity contribution in [2.45, 2.75) is 39.0 Å². The Kier molecular flexibility index (Phi) is 6.39. The van der Waals surface area contributed by atoms with Crippen LogP contribution >= 0.6 is 0 Å². The summed E-state index contributed by atoms with van der Waals surface area (Å²) in [6.07, 6.45) is 9.02. The highest BCUT2D eigenvalue weighted by molar-refractivity contribution is 5.73. The van der Waals surface area contributed by atoms with Crippen molar-refractivity contribution in [3.05, 3.63) is 114 Å². The lowest BCUT2D eigenvalue weighted by Crippen LogP contribution is -1.93. The third-order valence-corrected chi connectivity index (χ3v) is 6.55. The molecule has 0 bridgehead atoms. The second-order valence-electron chi connectivity index (χ2n) is 9.13. The molecule has 4 aromatic carbocycles. The molecule has 5 rings (SSSR count). The van der Waals surface area contributed by atoms with Gasteiger partial charge in [0.15, 0.2) is 0 Å². The zero-order valence-electron chi connectivity index (χ0n) is 19.4. The van der Waals surface area contributed by atoms with E-state index in [2.05, 4.69) is 115 Å². The fourth-order valence-electron chi connectivity index (χ4n) is 4.56. The second-order valence-corrected chi connectivity index (χ2v) is 9.13. The van der Waals surface area contributed by atoms with E-state index in [4.69, 9.17) is 0 Å². The second kappa shape index (κ2) is 9.92. The molecule has 1 saturated carbocycles. The summed E-state index contributed by atoms with van der Waals surface area (Å²) in [5, 5.41) is 3.47. The molecule has 0 aromatic heterocycles. The van der Waals surface area contributed by atoms with Gasteiger partial charge < -0.3 is 5.32 Å². The maximum atomic E-state index is 3.47. The van der Waals surface area contributed by atoms with E-state index in [1.807, 2.05) is 0 Å². The van der Waals surface area contributed by atoms with Gasteiger partial charge in [0.25, 0.3) is 0 Å². The van der Waals surface area contributed by atoms with E-state index in [0.717, 1.165) is 11.4 Å². The summed E-state index contributed by atoms with van der Waals surface area (Å²) in [7, 11) is 0. The van der Waals surface area contributed by atoms with Gasteiger partial charge in [-0.05, 0) is 84.7 Å². The average Bonchev–Trinajstić information content (AvgIpc) is 2.87. The molecule has 0 amide bonds. The van der Waals surface area contributed by atoms with Gasteiger partial charge in [-0.2, -0.15) is 0 Å². The van der Waals surface area contributed by atoms with Gasteiger partial charge in [0, 0.05) is 11.4 Å². The van der Waals surface area contributed by atoms with Gasteiger partial charge in [-0.1, -0.05) is 96.4 Å². The Hall–Kier alpha value is -3.58. The summed E-state index contributed by atoms with van der Waals surface area (Å²) in [6, 6.07) is 35.0. The molecule has 0 spiro atoms. The molecule has 0 aliphatic heterocycles. The predicted octanol–water partition coefficient (Wildman–Crippen LogP) is 9.42. The monoisotopic (exact) mass is 429 g/mol. The van der Waals surface area contributed by atoms with Crippen LogP contribution in [-0.4, -0.2) is 0 Å². The van der Waals surface area contributed by atoms with Crippen molar-refractivity contribution in [1.29, 1.82) is 0 Å². The van der Waals surface area contributed by atoms with Crippen molar-refractivity contribution < 1.29 is 0 Å². The normalized spacial score (nSPS) is 13.5. The molecule has 164 valence electrons. The smallest absolute Gasteiger partial charge is 0.0384 e. The Morgan fingerprint density at radius 3 is 1.45 bits per heavy atom. The molecular formula is C32H31N. The minimum absolute atomic E-state index is 1.10. The molecule has 1 nitrogen and oxygen atoms in total. The number of allylic oxidation sites excluding steroid dienone is 1. The van der Waals surface area contributed by atoms with E-state index in [-0.39, 0.29) is 0 Å². The van der Waals surface area contributed by atoms with Gasteiger partial charge in [-0.15, -0.1) is 0 Å². The van der Waals surface area contributed by atoms with Crippen molar-refractivity contribution in [1.82, 2.24) is 0 Å². The molecule has 1 aliphatic carbocycles. The molecule has 0 saturated heterocycles. The lowest BCUT2D eigenvalue weighted by Gasteiger charge is -2.13. The Balaban J connectivity index is 1.26. The van der Waals surface area contributed by atoms with Crippen LogP contribution in [0.5, 0.6) is 0 Å². The molecule has 1 aliphatic rings. The fraction of sp³-hybridized carbons (Fsp3) is 0.188. The van der Waals surface area contributed by atoms with E-state index in [1.54, 1.807) is 5.57 Å². The third-order valence-electron chi connectivity index (χ3n) is 6.55. The first-order valence-electron chi connectivity index (χ1n) is 12.1. The van der Waals surface area contributed by atoms with Crippen LogP contribution in [0.2, 0.25) is 0 Å². The lowest BCUT2D eigenvalue weighted by molar-refractivity contribution is 0.602. The van der Waals surface area contributed by atoms with Gasteiger partial charge in [0.05, 0.1) is 0 Å². The first kappa shape index (κ1) is 21.3. The molecule has 1 N–H and O–H groups in total. The van der Waals surface area contributed by atoms with Crippen LogP contribution in [0.3, 0.4) is 0 Å². The minimum atomic E-state index is 1.10. The molecule has 1 heteroatoms. The van der Waals surface area contributed by atoms with Crippen molar-refractivity contribution >= 4 is 17.5 Å². The first-order chi connectivity index (χ1) is 16.2. The van der Waals surface area contributed by atoms with Crippen molar-refractivity contribution in [3.63, 3.8) is 0 Å².